The Morgan fingerprint density at radius 3 is 2.44 bits per heavy atom. The van der Waals surface area contributed by atoms with Crippen LogP contribution in [0.3, 0.4) is 0 Å². The van der Waals surface area contributed by atoms with E-state index in [1.54, 1.807) is 0 Å². The topological polar surface area (TPSA) is 89.4 Å². The van der Waals surface area contributed by atoms with Gasteiger partial charge in [0.2, 0.25) is 10.0 Å². The second-order valence-corrected chi connectivity index (χ2v) is 5.79. The van der Waals surface area contributed by atoms with Crippen LogP contribution in [0.1, 0.15) is 6.42 Å². The Bertz CT molecular complexity index is 355. The first-order valence-electron chi connectivity index (χ1n) is 5.22. The molecule has 0 bridgehead atoms. The monoisotopic (exact) mass is 247 g/mol. The van der Waals surface area contributed by atoms with E-state index in [4.69, 9.17) is 5.53 Å². The van der Waals surface area contributed by atoms with Gasteiger partial charge in [-0.25, -0.2) is 8.42 Å². The minimum Gasteiger partial charge on any atom is -0.301 e. The molecule has 1 aliphatic heterocycles. The highest BCUT2D eigenvalue weighted by Crippen LogP contribution is 2.06. The maximum Gasteiger partial charge on any atom is 0.211 e. The Balaban J connectivity index is 2.24. The zero-order valence-electron chi connectivity index (χ0n) is 9.41. The second-order valence-electron chi connectivity index (χ2n) is 3.81. The summed E-state index contributed by atoms with van der Waals surface area (Å²) in [6.45, 7) is 3.98. The first kappa shape index (κ1) is 13.2. The van der Waals surface area contributed by atoms with Crippen LogP contribution in [0.15, 0.2) is 5.11 Å². The van der Waals surface area contributed by atoms with Gasteiger partial charge in [-0.3, -0.25) is 0 Å². The third kappa shape index (κ3) is 4.36. The molecule has 92 valence electrons. The van der Waals surface area contributed by atoms with E-state index in [-0.39, 0.29) is 0 Å². The fraction of sp³-hybridized carbons (Fsp3) is 1.00. The van der Waals surface area contributed by atoms with E-state index >= 15 is 0 Å². The highest BCUT2D eigenvalue weighted by Gasteiger charge is 2.22. The molecule has 0 aliphatic carbocycles. The maximum atomic E-state index is 11.2. The molecule has 0 aromatic heterocycles. The lowest BCUT2D eigenvalue weighted by atomic mass is 10.3. The van der Waals surface area contributed by atoms with Crippen molar-refractivity contribution in [2.75, 3.05) is 45.5 Å². The summed E-state index contributed by atoms with van der Waals surface area (Å²) in [5.74, 6) is 0. The van der Waals surface area contributed by atoms with Crippen LogP contribution in [0, 0.1) is 0 Å². The van der Waals surface area contributed by atoms with Crippen LogP contribution in [0.4, 0.5) is 0 Å². The van der Waals surface area contributed by atoms with Crippen molar-refractivity contribution in [3.63, 3.8) is 0 Å². The van der Waals surface area contributed by atoms with Crippen LogP contribution in [0.5, 0.6) is 0 Å². The van der Waals surface area contributed by atoms with E-state index in [0.717, 1.165) is 26.1 Å². The number of hydrogen-bond acceptors (Lipinski definition) is 4. The van der Waals surface area contributed by atoms with Gasteiger partial charge in [0.05, 0.1) is 6.26 Å². The van der Waals surface area contributed by atoms with Crippen molar-refractivity contribution in [1.82, 2.24) is 9.21 Å². The van der Waals surface area contributed by atoms with Gasteiger partial charge >= 0.3 is 0 Å². The minimum atomic E-state index is -3.04. The van der Waals surface area contributed by atoms with Crippen LogP contribution in [0.25, 0.3) is 10.4 Å². The number of rotatable bonds is 5. The van der Waals surface area contributed by atoms with E-state index in [1.165, 1.54) is 10.6 Å². The summed E-state index contributed by atoms with van der Waals surface area (Å²) in [4.78, 5) is 4.87. The first-order chi connectivity index (χ1) is 7.54. The summed E-state index contributed by atoms with van der Waals surface area (Å²) in [5.41, 5.74) is 8.10. The molecular weight excluding hydrogens is 230 g/mol. The number of azide groups is 1. The minimum absolute atomic E-state index is 0.503. The first-order valence-corrected chi connectivity index (χ1v) is 7.07. The van der Waals surface area contributed by atoms with E-state index in [1.807, 2.05) is 0 Å². The van der Waals surface area contributed by atoms with Crippen molar-refractivity contribution in [2.24, 2.45) is 5.11 Å². The number of hydrogen-bond donors (Lipinski definition) is 0. The predicted molar refractivity (Wildman–Crippen MR) is 61.5 cm³/mol. The Morgan fingerprint density at radius 1 is 1.31 bits per heavy atom. The van der Waals surface area contributed by atoms with E-state index < -0.39 is 10.0 Å². The van der Waals surface area contributed by atoms with Crippen LogP contribution in [-0.2, 0) is 10.0 Å². The van der Waals surface area contributed by atoms with Gasteiger partial charge in [-0.05, 0) is 18.5 Å². The largest absolute Gasteiger partial charge is 0.301 e. The molecule has 0 saturated carbocycles. The predicted octanol–water partition coefficient (Wildman–Crippen LogP) is 0.264. The van der Waals surface area contributed by atoms with Gasteiger partial charge in [-0.1, -0.05) is 5.11 Å². The van der Waals surface area contributed by atoms with Crippen molar-refractivity contribution in [2.45, 2.75) is 6.42 Å². The van der Waals surface area contributed by atoms with E-state index in [2.05, 4.69) is 14.9 Å². The van der Waals surface area contributed by atoms with Crippen molar-refractivity contribution >= 4 is 10.0 Å². The second kappa shape index (κ2) is 6.05. The van der Waals surface area contributed by atoms with Gasteiger partial charge in [0.25, 0.3) is 0 Å². The van der Waals surface area contributed by atoms with Crippen LogP contribution in [0.2, 0.25) is 0 Å². The van der Waals surface area contributed by atoms with Crippen molar-refractivity contribution in [3.05, 3.63) is 10.4 Å². The van der Waals surface area contributed by atoms with Crippen molar-refractivity contribution in [3.8, 4) is 0 Å². The molecule has 1 aliphatic rings. The quantitative estimate of drug-likeness (QED) is 0.302. The molecule has 16 heavy (non-hydrogen) atoms. The molecule has 0 spiro atoms. The lowest BCUT2D eigenvalue weighted by Crippen LogP contribution is -2.48. The van der Waals surface area contributed by atoms with E-state index in [0.29, 0.717) is 19.6 Å². The van der Waals surface area contributed by atoms with Gasteiger partial charge in [0.1, 0.15) is 0 Å². The molecule has 8 heteroatoms. The molecule has 7 nitrogen and oxygen atoms in total. The lowest BCUT2D eigenvalue weighted by molar-refractivity contribution is 0.188. The number of sulfonamides is 1. The van der Waals surface area contributed by atoms with Crippen molar-refractivity contribution in [1.29, 1.82) is 0 Å². The molecule has 0 radical (unpaired) electrons. The van der Waals surface area contributed by atoms with Crippen LogP contribution >= 0.6 is 0 Å². The molecule has 1 fully saturated rings. The van der Waals surface area contributed by atoms with Crippen LogP contribution in [-0.4, -0.2) is 63.1 Å². The number of piperazine rings is 1. The summed E-state index contributed by atoms with van der Waals surface area (Å²) < 4.78 is 24.0. The summed E-state index contributed by atoms with van der Waals surface area (Å²) >= 11 is 0. The molecule has 1 saturated heterocycles. The fourth-order valence-electron chi connectivity index (χ4n) is 1.69. The molecule has 0 aromatic carbocycles. The average Bonchev–Trinajstić information content (AvgIpc) is 2.24. The SMILES string of the molecule is CS(=O)(=O)N1CCN(CCCN=[N+]=[N-])CC1. The molecule has 0 amide bonds. The van der Waals surface area contributed by atoms with Gasteiger partial charge < -0.3 is 4.90 Å². The molecule has 1 heterocycles. The van der Waals surface area contributed by atoms with Gasteiger partial charge in [-0.15, -0.1) is 0 Å². The van der Waals surface area contributed by atoms with Crippen molar-refractivity contribution < 1.29 is 8.42 Å². The van der Waals surface area contributed by atoms with Gasteiger partial charge in [0, 0.05) is 37.6 Å². The standard InChI is InChI=1S/C8H17N5O2S/c1-16(14,15)13-7-5-12(6-8-13)4-2-3-10-11-9/h2-8H2,1H3. The molecule has 0 aromatic rings. The Morgan fingerprint density at radius 2 is 1.94 bits per heavy atom. The summed E-state index contributed by atoms with van der Waals surface area (Å²) in [6.07, 6.45) is 2.06. The van der Waals surface area contributed by atoms with Gasteiger partial charge in [-0.2, -0.15) is 4.31 Å². The number of nitrogens with zero attached hydrogens (tertiary/aromatic N) is 5. The fourth-order valence-corrected chi connectivity index (χ4v) is 2.52. The third-order valence-corrected chi connectivity index (χ3v) is 3.90. The summed E-state index contributed by atoms with van der Waals surface area (Å²) in [6, 6.07) is 0. The molecule has 0 atom stereocenters. The Labute approximate surface area is 95.7 Å². The lowest BCUT2D eigenvalue weighted by Gasteiger charge is -2.33. The third-order valence-electron chi connectivity index (χ3n) is 2.60. The Kier molecular flexibility index (Phi) is 5.01. The molecular formula is C8H17N5O2S. The van der Waals surface area contributed by atoms with Crippen LogP contribution < -0.4 is 0 Å². The van der Waals surface area contributed by atoms with E-state index in [9.17, 15) is 8.42 Å². The highest BCUT2D eigenvalue weighted by atomic mass is 32.2. The Hall–Kier alpha value is -0.820. The zero-order chi connectivity index (χ0) is 12.0. The smallest absolute Gasteiger partial charge is 0.211 e. The van der Waals surface area contributed by atoms with Gasteiger partial charge in [0.15, 0.2) is 0 Å². The summed E-state index contributed by atoms with van der Waals surface area (Å²) in [7, 11) is -3.04. The summed E-state index contributed by atoms with van der Waals surface area (Å²) in [5, 5.41) is 3.46. The molecule has 0 unspecified atom stereocenters. The molecule has 1 rings (SSSR count). The average molecular weight is 247 g/mol. The normalized spacial score (nSPS) is 19.3. The highest BCUT2D eigenvalue weighted by molar-refractivity contribution is 7.88. The maximum absolute atomic E-state index is 11.2. The zero-order valence-corrected chi connectivity index (χ0v) is 10.2. The molecule has 0 N–H and O–H groups in total.